The molecule has 0 atom stereocenters. The first kappa shape index (κ1) is 21.7. The van der Waals surface area contributed by atoms with E-state index in [2.05, 4.69) is 28.6 Å². The molecule has 0 aliphatic carbocycles. The third-order valence-electron chi connectivity index (χ3n) is 5.85. The van der Waals surface area contributed by atoms with Crippen molar-refractivity contribution in [2.24, 2.45) is 5.92 Å². The average Bonchev–Trinajstić information content (AvgIpc) is 3.11. The molecule has 6 nitrogen and oxygen atoms in total. The molecule has 1 fully saturated rings. The Hall–Kier alpha value is -2.57. The number of anilines is 1. The van der Waals surface area contributed by atoms with Crippen molar-refractivity contribution in [2.45, 2.75) is 39.8 Å². The number of imidazole rings is 1. The van der Waals surface area contributed by atoms with Crippen molar-refractivity contribution >= 4 is 34.2 Å². The molecule has 0 radical (unpaired) electrons. The number of aromatic nitrogens is 2. The van der Waals surface area contributed by atoms with Gasteiger partial charge in [0.05, 0.1) is 17.6 Å². The van der Waals surface area contributed by atoms with E-state index < -0.39 is 0 Å². The number of fused-ring (bicyclic) bond motifs is 1. The molecule has 1 N–H and O–H groups in total. The predicted octanol–water partition coefficient (Wildman–Crippen LogP) is 4.96. The molecule has 31 heavy (non-hydrogen) atoms. The number of piperidine rings is 1. The number of aryl methyl sites for hydroxylation is 1. The van der Waals surface area contributed by atoms with Gasteiger partial charge in [0.1, 0.15) is 11.6 Å². The maximum Gasteiger partial charge on any atom is 0.262 e. The number of likely N-dealkylation sites (tertiary alicyclic amines) is 1. The summed E-state index contributed by atoms with van der Waals surface area (Å²) in [6.07, 6.45) is 2.50. The van der Waals surface area contributed by atoms with Gasteiger partial charge in [0.2, 0.25) is 0 Å². The van der Waals surface area contributed by atoms with Crippen molar-refractivity contribution in [1.29, 1.82) is 0 Å². The molecule has 2 aromatic carbocycles. The third kappa shape index (κ3) is 5.38. The zero-order chi connectivity index (χ0) is 21.8. The minimum Gasteiger partial charge on any atom is -0.484 e. The van der Waals surface area contributed by atoms with E-state index in [1.54, 1.807) is 24.3 Å². The van der Waals surface area contributed by atoms with E-state index in [4.69, 9.17) is 21.3 Å². The Balaban J connectivity index is 1.42. The van der Waals surface area contributed by atoms with Gasteiger partial charge >= 0.3 is 0 Å². The van der Waals surface area contributed by atoms with Crippen LogP contribution < -0.4 is 10.1 Å². The van der Waals surface area contributed by atoms with Gasteiger partial charge in [-0.25, -0.2) is 4.98 Å². The predicted molar refractivity (Wildman–Crippen MR) is 125 cm³/mol. The van der Waals surface area contributed by atoms with Crippen LogP contribution in [0.2, 0.25) is 5.02 Å². The van der Waals surface area contributed by atoms with Crippen molar-refractivity contribution < 1.29 is 9.53 Å². The van der Waals surface area contributed by atoms with E-state index in [1.165, 1.54) is 12.8 Å². The number of hydrogen-bond acceptors (Lipinski definition) is 4. The standard InChI is InChI=1S/C24H29ClN4O2/c1-3-29-22-9-6-19(26-24(30)16-31-20-7-4-18(25)5-8-20)14-21(22)27-23(29)15-28-12-10-17(2)11-13-28/h4-9,14,17H,3,10-13,15-16H2,1-2H3,(H,26,30). The zero-order valence-electron chi connectivity index (χ0n) is 18.1. The maximum absolute atomic E-state index is 12.3. The van der Waals surface area contributed by atoms with Gasteiger partial charge in [0.25, 0.3) is 5.91 Å². The molecule has 1 aliphatic rings. The first-order valence-electron chi connectivity index (χ1n) is 10.9. The fraction of sp³-hybridized carbons (Fsp3) is 0.417. The summed E-state index contributed by atoms with van der Waals surface area (Å²) >= 11 is 5.87. The number of carbonyl (C=O) groups excluding carboxylic acids is 1. The normalized spacial score (nSPS) is 15.3. The minimum absolute atomic E-state index is 0.0678. The fourth-order valence-electron chi connectivity index (χ4n) is 4.03. The van der Waals surface area contributed by atoms with E-state index in [0.29, 0.717) is 10.8 Å². The van der Waals surface area contributed by atoms with E-state index in [1.807, 2.05) is 18.2 Å². The Morgan fingerprint density at radius 3 is 2.65 bits per heavy atom. The number of benzene rings is 2. The van der Waals surface area contributed by atoms with Crippen LogP contribution in [0.1, 0.15) is 32.5 Å². The highest BCUT2D eigenvalue weighted by Crippen LogP contribution is 2.24. The second-order valence-corrected chi connectivity index (χ2v) is 8.66. The molecule has 0 spiro atoms. The van der Waals surface area contributed by atoms with Crippen LogP contribution in [0.5, 0.6) is 5.75 Å². The average molecular weight is 441 g/mol. The molecule has 2 heterocycles. The summed E-state index contributed by atoms with van der Waals surface area (Å²) in [7, 11) is 0. The summed E-state index contributed by atoms with van der Waals surface area (Å²) in [4.78, 5) is 19.7. The van der Waals surface area contributed by atoms with E-state index in [9.17, 15) is 4.79 Å². The lowest BCUT2D eigenvalue weighted by Gasteiger charge is -2.29. The molecule has 3 aromatic rings. The molecule has 0 bridgehead atoms. The van der Waals surface area contributed by atoms with Gasteiger partial charge in [-0.15, -0.1) is 0 Å². The van der Waals surface area contributed by atoms with Gasteiger partial charge in [-0.3, -0.25) is 9.69 Å². The van der Waals surface area contributed by atoms with Crippen molar-refractivity contribution in [1.82, 2.24) is 14.5 Å². The van der Waals surface area contributed by atoms with Gasteiger partial charge in [0, 0.05) is 17.3 Å². The minimum atomic E-state index is -0.216. The molecule has 0 saturated carbocycles. The van der Waals surface area contributed by atoms with E-state index in [0.717, 1.165) is 54.6 Å². The van der Waals surface area contributed by atoms with Crippen molar-refractivity contribution in [3.05, 3.63) is 53.3 Å². The van der Waals surface area contributed by atoms with Gasteiger partial charge in [-0.05, 0) is 81.2 Å². The van der Waals surface area contributed by atoms with Crippen LogP contribution in [0.3, 0.4) is 0 Å². The molecule has 1 aliphatic heterocycles. The highest BCUT2D eigenvalue weighted by molar-refractivity contribution is 6.30. The van der Waals surface area contributed by atoms with Crippen LogP contribution in [-0.4, -0.2) is 40.1 Å². The molecule has 4 rings (SSSR count). The lowest BCUT2D eigenvalue weighted by Crippen LogP contribution is -2.33. The molecule has 0 unspecified atom stereocenters. The first-order chi connectivity index (χ1) is 15.0. The number of rotatable bonds is 7. The second kappa shape index (κ2) is 9.71. The molecule has 1 saturated heterocycles. The maximum atomic E-state index is 12.3. The quantitative estimate of drug-likeness (QED) is 0.564. The highest BCUT2D eigenvalue weighted by Gasteiger charge is 2.19. The highest BCUT2D eigenvalue weighted by atomic mass is 35.5. The van der Waals surface area contributed by atoms with Gasteiger partial charge in [0.15, 0.2) is 6.61 Å². The number of nitrogens with zero attached hydrogens (tertiary/aromatic N) is 3. The molecule has 164 valence electrons. The largest absolute Gasteiger partial charge is 0.484 e. The Labute approximate surface area is 188 Å². The van der Waals surface area contributed by atoms with Crippen LogP contribution >= 0.6 is 11.6 Å². The topological polar surface area (TPSA) is 59.4 Å². The zero-order valence-corrected chi connectivity index (χ0v) is 18.9. The number of nitrogens with one attached hydrogen (secondary N) is 1. The Bertz CT molecular complexity index is 1040. The van der Waals surface area contributed by atoms with Crippen LogP contribution in [-0.2, 0) is 17.9 Å². The molecular weight excluding hydrogens is 412 g/mol. The summed E-state index contributed by atoms with van der Waals surface area (Å²) in [5.74, 6) is 2.29. The summed E-state index contributed by atoms with van der Waals surface area (Å²) in [5.41, 5.74) is 2.72. The fourth-order valence-corrected chi connectivity index (χ4v) is 4.15. The lowest BCUT2D eigenvalue weighted by molar-refractivity contribution is -0.118. The summed E-state index contributed by atoms with van der Waals surface area (Å²) < 4.78 is 7.79. The van der Waals surface area contributed by atoms with Crippen LogP contribution in [0, 0.1) is 5.92 Å². The number of amides is 1. The third-order valence-corrected chi connectivity index (χ3v) is 6.10. The summed E-state index contributed by atoms with van der Waals surface area (Å²) in [6.45, 7) is 8.40. The monoisotopic (exact) mass is 440 g/mol. The Morgan fingerprint density at radius 2 is 1.94 bits per heavy atom. The van der Waals surface area contributed by atoms with Crippen LogP contribution in [0.15, 0.2) is 42.5 Å². The number of carbonyl (C=O) groups is 1. The Morgan fingerprint density at radius 1 is 1.19 bits per heavy atom. The van der Waals surface area contributed by atoms with E-state index >= 15 is 0 Å². The van der Waals surface area contributed by atoms with Crippen LogP contribution in [0.4, 0.5) is 5.69 Å². The molecular formula is C24H29ClN4O2. The van der Waals surface area contributed by atoms with Crippen molar-refractivity contribution in [3.63, 3.8) is 0 Å². The smallest absolute Gasteiger partial charge is 0.262 e. The SMILES string of the molecule is CCn1c(CN2CCC(C)CC2)nc2cc(NC(=O)COc3ccc(Cl)cc3)ccc21. The second-order valence-electron chi connectivity index (χ2n) is 8.23. The lowest BCUT2D eigenvalue weighted by atomic mass is 9.99. The molecule has 1 aromatic heterocycles. The van der Waals surface area contributed by atoms with Gasteiger partial charge in [-0.2, -0.15) is 0 Å². The Kier molecular flexibility index (Phi) is 6.78. The number of halogens is 1. The summed E-state index contributed by atoms with van der Waals surface area (Å²) in [5, 5.41) is 3.53. The molecule has 7 heteroatoms. The van der Waals surface area contributed by atoms with Crippen molar-refractivity contribution in [3.8, 4) is 5.75 Å². The van der Waals surface area contributed by atoms with Gasteiger partial charge in [-0.1, -0.05) is 18.5 Å². The van der Waals surface area contributed by atoms with E-state index in [-0.39, 0.29) is 12.5 Å². The first-order valence-corrected chi connectivity index (χ1v) is 11.3. The van der Waals surface area contributed by atoms with Crippen LogP contribution in [0.25, 0.3) is 11.0 Å². The van der Waals surface area contributed by atoms with Gasteiger partial charge < -0.3 is 14.6 Å². The van der Waals surface area contributed by atoms with Crippen molar-refractivity contribution in [2.75, 3.05) is 25.0 Å². The molecule has 1 amide bonds. The number of hydrogen-bond donors (Lipinski definition) is 1. The summed E-state index contributed by atoms with van der Waals surface area (Å²) in [6, 6.07) is 12.8. The number of ether oxygens (including phenoxy) is 1.